The van der Waals surface area contributed by atoms with Gasteiger partial charge in [0.05, 0.1) is 19.1 Å². The first-order valence-corrected chi connectivity index (χ1v) is 14.9. The van der Waals surface area contributed by atoms with Crippen LogP contribution in [0.1, 0.15) is 76.7 Å². The summed E-state index contributed by atoms with van der Waals surface area (Å²) in [7, 11) is 0. The number of hydrogen-bond acceptors (Lipinski definition) is 4. The third-order valence-corrected chi connectivity index (χ3v) is 8.13. The van der Waals surface area contributed by atoms with Crippen molar-refractivity contribution in [2.75, 3.05) is 44.6 Å². The number of benzene rings is 1. The largest absolute Gasteiger partial charge is 0.345 e. The molecule has 0 aromatic heterocycles. The van der Waals surface area contributed by atoms with Crippen LogP contribution in [0.3, 0.4) is 0 Å². The molecular formula is C32H46N4O2. The van der Waals surface area contributed by atoms with Gasteiger partial charge in [-0.05, 0) is 94.4 Å². The lowest BCUT2D eigenvalue weighted by atomic mass is 9.78. The molecule has 2 atom stereocenters. The second kappa shape index (κ2) is 14.5. The Morgan fingerprint density at radius 3 is 2.00 bits per heavy atom. The molecule has 206 valence electrons. The van der Waals surface area contributed by atoms with Crippen molar-refractivity contribution >= 4 is 17.5 Å². The topological polar surface area (TPSA) is 64.7 Å². The van der Waals surface area contributed by atoms with E-state index >= 15 is 0 Å². The molecule has 38 heavy (non-hydrogen) atoms. The molecule has 0 spiro atoms. The summed E-state index contributed by atoms with van der Waals surface area (Å²) in [5.41, 5.74) is 6.86. The molecule has 3 fully saturated rings. The summed E-state index contributed by atoms with van der Waals surface area (Å²) >= 11 is 0. The minimum atomic E-state index is -0.0960. The maximum atomic E-state index is 12.4. The number of rotatable bonds is 9. The predicted octanol–water partition coefficient (Wildman–Crippen LogP) is 5.25. The van der Waals surface area contributed by atoms with Gasteiger partial charge < -0.3 is 10.6 Å². The summed E-state index contributed by atoms with van der Waals surface area (Å²) in [5.74, 6) is 1.04. The van der Waals surface area contributed by atoms with E-state index in [1.807, 2.05) is 32.1 Å². The van der Waals surface area contributed by atoms with Gasteiger partial charge in [-0.15, -0.1) is 5.73 Å². The predicted molar refractivity (Wildman–Crippen MR) is 155 cm³/mol. The lowest BCUT2D eigenvalue weighted by Gasteiger charge is -2.26. The van der Waals surface area contributed by atoms with Gasteiger partial charge in [0, 0.05) is 17.2 Å². The first-order chi connectivity index (χ1) is 18.6. The van der Waals surface area contributed by atoms with Gasteiger partial charge in [0.2, 0.25) is 11.8 Å². The maximum Gasteiger partial charge on any atom is 0.238 e. The van der Waals surface area contributed by atoms with Crippen molar-refractivity contribution in [3.63, 3.8) is 0 Å². The van der Waals surface area contributed by atoms with Gasteiger partial charge in [0.25, 0.3) is 0 Å². The van der Waals surface area contributed by atoms with Crippen LogP contribution in [-0.2, 0) is 9.59 Å². The molecule has 2 heterocycles. The number of carbonyl (C=O) groups excluding carboxylic acids is 2. The average molecular weight is 519 g/mol. The molecule has 5 rings (SSSR count). The van der Waals surface area contributed by atoms with E-state index in [4.69, 9.17) is 0 Å². The monoisotopic (exact) mass is 518 g/mol. The van der Waals surface area contributed by atoms with Crippen LogP contribution in [0.5, 0.6) is 0 Å². The Morgan fingerprint density at radius 2 is 1.45 bits per heavy atom. The van der Waals surface area contributed by atoms with Gasteiger partial charge in [0.15, 0.2) is 0 Å². The van der Waals surface area contributed by atoms with Crippen LogP contribution >= 0.6 is 0 Å². The number of anilines is 1. The number of allylic oxidation sites excluding steroid dienone is 1. The van der Waals surface area contributed by atoms with Crippen molar-refractivity contribution in [2.45, 2.75) is 77.2 Å². The van der Waals surface area contributed by atoms with Crippen molar-refractivity contribution in [3.8, 4) is 0 Å². The fraction of sp³-hybridized carbons (Fsp3) is 0.594. The van der Waals surface area contributed by atoms with Crippen LogP contribution in [0, 0.1) is 5.92 Å². The van der Waals surface area contributed by atoms with E-state index in [2.05, 4.69) is 50.4 Å². The fourth-order valence-corrected chi connectivity index (χ4v) is 6.27. The smallest absolute Gasteiger partial charge is 0.238 e. The lowest BCUT2D eigenvalue weighted by molar-refractivity contribution is -0.122. The highest BCUT2D eigenvalue weighted by Gasteiger charge is 2.29. The van der Waals surface area contributed by atoms with Crippen molar-refractivity contribution in [2.24, 2.45) is 5.92 Å². The van der Waals surface area contributed by atoms with E-state index in [1.54, 1.807) is 0 Å². The fourth-order valence-electron chi connectivity index (χ4n) is 6.27. The molecule has 2 N–H and O–H groups in total. The van der Waals surface area contributed by atoms with Crippen LogP contribution in [0.25, 0.3) is 0 Å². The van der Waals surface area contributed by atoms with Gasteiger partial charge in [-0.2, -0.15) is 0 Å². The first kappa shape index (κ1) is 28.4. The molecule has 1 saturated carbocycles. The third-order valence-electron chi connectivity index (χ3n) is 8.13. The zero-order chi connectivity index (χ0) is 26.7. The zero-order valence-corrected chi connectivity index (χ0v) is 23.4. The minimum Gasteiger partial charge on any atom is -0.345 e. The Hall–Kier alpha value is -2.66. The molecular weight excluding hydrogens is 472 g/mol. The minimum absolute atomic E-state index is 0.0654. The van der Waals surface area contributed by atoms with Gasteiger partial charge in [-0.3, -0.25) is 19.4 Å². The summed E-state index contributed by atoms with van der Waals surface area (Å²) < 4.78 is 0. The molecule has 2 aliphatic heterocycles. The molecule has 1 aromatic rings. The molecule has 2 unspecified atom stereocenters. The van der Waals surface area contributed by atoms with Gasteiger partial charge >= 0.3 is 0 Å². The van der Waals surface area contributed by atoms with Gasteiger partial charge in [-0.25, -0.2) is 0 Å². The van der Waals surface area contributed by atoms with Crippen LogP contribution in [0.4, 0.5) is 5.69 Å². The number of nitrogens with one attached hydrogen (secondary N) is 2. The highest BCUT2D eigenvalue weighted by Crippen LogP contribution is 2.42. The van der Waals surface area contributed by atoms with Crippen LogP contribution in [0.2, 0.25) is 0 Å². The quantitative estimate of drug-likeness (QED) is 0.438. The third kappa shape index (κ3) is 7.92. The lowest BCUT2D eigenvalue weighted by Crippen LogP contribution is -2.40. The van der Waals surface area contributed by atoms with E-state index in [0.29, 0.717) is 19.0 Å². The first-order valence-electron chi connectivity index (χ1n) is 14.9. The SMILES string of the molecule is CC.O=C(CN1CCCC1)Nc1ccc(C(C2=C=CC(NC(=O)CN3CCCC3)C=C2)C2CCCC2)cc1. The van der Waals surface area contributed by atoms with Crippen molar-refractivity contribution in [1.29, 1.82) is 0 Å². The molecule has 2 saturated heterocycles. The average Bonchev–Trinajstić information content (AvgIpc) is 3.73. The number of likely N-dealkylation sites (tertiary alicyclic amines) is 2. The van der Waals surface area contributed by atoms with Crippen LogP contribution in [-0.4, -0.2) is 66.9 Å². The highest BCUT2D eigenvalue weighted by molar-refractivity contribution is 5.92. The molecule has 2 amide bonds. The Bertz CT molecular complexity index is 1010. The second-order valence-corrected chi connectivity index (χ2v) is 10.9. The van der Waals surface area contributed by atoms with E-state index in [0.717, 1.165) is 31.9 Å². The summed E-state index contributed by atoms with van der Waals surface area (Å²) in [5, 5.41) is 6.19. The molecule has 1 aromatic carbocycles. The van der Waals surface area contributed by atoms with E-state index in [1.165, 1.54) is 62.5 Å². The number of nitrogens with zero attached hydrogens (tertiary/aromatic N) is 2. The Kier molecular flexibility index (Phi) is 10.8. The van der Waals surface area contributed by atoms with Gasteiger partial charge in [-0.1, -0.05) is 51.0 Å². The summed E-state index contributed by atoms with van der Waals surface area (Å²) in [6.45, 7) is 9.06. The van der Waals surface area contributed by atoms with Crippen molar-refractivity contribution in [3.05, 3.63) is 59.4 Å². The van der Waals surface area contributed by atoms with Gasteiger partial charge in [0.1, 0.15) is 0 Å². The molecule has 0 bridgehead atoms. The standard InChI is InChI=1S/C30H40N4O2.C2H6/c35-28(21-33-17-3-4-18-33)31-26-13-9-24(10-14-26)30(23-7-1-2-8-23)25-11-15-27(16-12-25)32-29(36)22-34-19-5-6-20-34;1-2/h9-11,13-16,23,27,30H,1-8,17-22H2,(H,31,35)(H,32,36);1-2H3. The molecule has 6 heteroatoms. The normalized spacial score (nSPS) is 22.6. The zero-order valence-electron chi connectivity index (χ0n) is 23.4. The number of hydrogen-bond donors (Lipinski definition) is 2. The number of amides is 2. The number of carbonyl (C=O) groups is 2. The van der Waals surface area contributed by atoms with Crippen LogP contribution < -0.4 is 10.6 Å². The Morgan fingerprint density at radius 1 is 0.868 bits per heavy atom. The van der Waals surface area contributed by atoms with Crippen LogP contribution in [0.15, 0.2) is 53.8 Å². The Balaban J connectivity index is 0.00000164. The molecule has 2 aliphatic carbocycles. The highest BCUT2D eigenvalue weighted by atomic mass is 16.2. The summed E-state index contributed by atoms with van der Waals surface area (Å²) in [6.07, 6.45) is 16.0. The molecule has 6 nitrogen and oxygen atoms in total. The van der Waals surface area contributed by atoms with E-state index in [9.17, 15) is 9.59 Å². The second-order valence-electron chi connectivity index (χ2n) is 10.9. The molecule has 4 aliphatic rings. The van der Waals surface area contributed by atoms with Crippen molar-refractivity contribution in [1.82, 2.24) is 15.1 Å². The summed E-state index contributed by atoms with van der Waals surface area (Å²) in [4.78, 5) is 29.3. The Labute approximate surface area is 229 Å². The maximum absolute atomic E-state index is 12.4. The van der Waals surface area contributed by atoms with E-state index in [-0.39, 0.29) is 23.8 Å². The van der Waals surface area contributed by atoms with Crippen molar-refractivity contribution < 1.29 is 9.59 Å². The molecule has 0 radical (unpaired) electrons. The van der Waals surface area contributed by atoms with E-state index < -0.39 is 0 Å². The summed E-state index contributed by atoms with van der Waals surface area (Å²) in [6, 6.07) is 8.32.